The van der Waals surface area contributed by atoms with E-state index < -0.39 is 10.8 Å². The Hall–Kier alpha value is -0.520. The third-order valence-corrected chi connectivity index (χ3v) is 3.83. The molecule has 1 aromatic carbocycles. The van der Waals surface area contributed by atoms with Crippen LogP contribution >= 0.6 is 24.2 Å². The molecule has 6 heteroatoms. The Balaban J connectivity index is 2.64. The van der Waals surface area contributed by atoms with E-state index in [9.17, 15) is 9.00 Å². The monoisotopic (exact) mass is 305 g/mol. The highest BCUT2D eigenvalue weighted by molar-refractivity contribution is 7.84. The standard InChI is InChI=1S/C12H16ClNO2S2/c1-8(5-6-18(2)16)14-12(15)10-7-9(17)3-4-11(10)13/h3-4,7-8,17H,5-6H2,1-2H3,(H,14,15). The molecule has 0 aromatic heterocycles. The van der Waals surface area contributed by atoms with Crippen molar-refractivity contribution in [1.82, 2.24) is 5.32 Å². The zero-order valence-corrected chi connectivity index (χ0v) is 12.7. The number of carbonyl (C=O) groups is 1. The van der Waals surface area contributed by atoms with E-state index >= 15 is 0 Å². The van der Waals surface area contributed by atoms with Crippen LogP contribution in [0.4, 0.5) is 0 Å². The summed E-state index contributed by atoms with van der Waals surface area (Å²) in [5.74, 6) is 0.340. The van der Waals surface area contributed by atoms with Gasteiger partial charge in [-0.15, -0.1) is 12.6 Å². The molecular formula is C12H16ClNO2S2. The van der Waals surface area contributed by atoms with Gasteiger partial charge in [-0.3, -0.25) is 9.00 Å². The SMILES string of the molecule is CC(CCS(C)=O)NC(=O)c1cc(S)ccc1Cl. The second-order valence-electron chi connectivity index (χ2n) is 4.10. The van der Waals surface area contributed by atoms with E-state index in [1.54, 1.807) is 24.5 Å². The molecule has 1 rings (SSSR count). The van der Waals surface area contributed by atoms with Gasteiger partial charge < -0.3 is 5.32 Å². The Bertz CT molecular complexity index is 465. The summed E-state index contributed by atoms with van der Waals surface area (Å²) in [4.78, 5) is 12.7. The third-order valence-electron chi connectivity index (χ3n) is 2.41. The lowest BCUT2D eigenvalue weighted by atomic mass is 10.2. The number of thiol groups is 1. The minimum atomic E-state index is -0.843. The molecule has 0 saturated carbocycles. The van der Waals surface area contributed by atoms with Gasteiger partial charge in [-0.25, -0.2) is 0 Å². The van der Waals surface area contributed by atoms with E-state index in [0.29, 0.717) is 27.7 Å². The van der Waals surface area contributed by atoms with Crippen LogP contribution < -0.4 is 5.32 Å². The summed E-state index contributed by atoms with van der Waals surface area (Å²) in [5, 5.41) is 3.23. The molecule has 0 aliphatic heterocycles. The maximum absolute atomic E-state index is 12.0. The largest absolute Gasteiger partial charge is 0.350 e. The lowest BCUT2D eigenvalue weighted by molar-refractivity contribution is 0.0939. The molecule has 0 saturated heterocycles. The van der Waals surface area contributed by atoms with Crippen molar-refractivity contribution in [3.63, 3.8) is 0 Å². The van der Waals surface area contributed by atoms with Gasteiger partial charge in [0.15, 0.2) is 0 Å². The molecule has 1 N–H and O–H groups in total. The van der Waals surface area contributed by atoms with Crippen LogP contribution in [0.25, 0.3) is 0 Å². The van der Waals surface area contributed by atoms with Crippen molar-refractivity contribution in [1.29, 1.82) is 0 Å². The molecule has 0 heterocycles. The average Bonchev–Trinajstić information content (AvgIpc) is 2.29. The molecule has 3 nitrogen and oxygen atoms in total. The third kappa shape index (κ3) is 5.00. The minimum absolute atomic E-state index is 0.0407. The first-order valence-electron chi connectivity index (χ1n) is 5.49. The van der Waals surface area contributed by atoms with Crippen LogP contribution in [-0.4, -0.2) is 28.2 Å². The number of hydrogen-bond donors (Lipinski definition) is 2. The van der Waals surface area contributed by atoms with Crippen molar-refractivity contribution in [2.24, 2.45) is 0 Å². The predicted octanol–water partition coefficient (Wildman–Crippen LogP) is 2.52. The maximum Gasteiger partial charge on any atom is 0.253 e. The second-order valence-corrected chi connectivity index (χ2v) is 6.58. The van der Waals surface area contributed by atoms with E-state index in [2.05, 4.69) is 17.9 Å². The van der Waals surface area contributed by atoms with E-state index in [4.69, 9.17) is 11.6 Å². The first kappa shape index (κ1) is 15.5. The fourth-order valence-corrected chi connectivity index (χ4v) is 2.50. The van der Waals surface area contributed by atoms with Gasteiger partial charge in [0.2, 0.25) is 0 Å². The highest BCUT2D eigenvalue weighted by Gasteiger charge is 2.13. The van der Waals surface area contributed by atoms with Gasteiger partial charge in [-0.2, -0.15) is 0 Å². The Kier molecular flexibility index (Phi) is 6.18. The van der Waals surface area contributed by atoms with E-state index in [0.717, 1.165) is 0 Å². The van der Waals surface area contributed by atoms with Crippen molar-refractivity contribution >= 4 is 40.9 Å². The molecular weight excluding hydrogens is 290 g/mol. The molecule has 0 spiro atoms. The lowest BCUT2D eigenvalue weighted by Gasteiger charge is -2.14. The summed E-state index contributed by atoms with van der Waals surface area (Å²) >= 11 is 10.1. The van der Waals surface area contributed by atoms with Gasteiger partial charge in [-0.1, -0.05) is 11.6 Å². The minimum Gasteiger partial charge on any atom is -0.350 e. The fourth-order valence-electron chi connectivity index (χ4n) is 1.40. The molecule has 18 heavy (non-hydrogen) atoms. The quantitative estimate of drug-likeness (QED) is 0.821. The van der Waals surface area contributed by atoms with Crippen LogP contribution in [0, 0.1) is 0 Å². The number of rotatable bonds is 5. The second kappa shape index (κ2) is 7.16. The highest BCUT2D eigenvalue weighted by Crippen LogP contribution is 2.19. The summed E-state index contributed by atoms with van der Waals surface area (Å²) in [6.45, 7) is 1.88. The van der Waals surface area contributed by atoms with Crippen molar-refractivity contribution in [2.75, 3.05) is 12.0 Å². The topological polar surface area (TPSA) is 46.2 Å². The van der Waals surface area contributed by atoms with Crippen molar-refractivity contribution in [3.8, 4) is 0 Å². The highest BCUT2D eigenvalue weighted by atomic mass is 35.5. The molecule has 0 bridgehead atoms. The smallest absolute Gasteiger partial charge is 0.253 e. The van der Waals surface area contributed by atoms with Gasteiger partial charge in [0, 0.05) is 33.7 Å². The zero-order chi connectivity index (χ0) is 13.7. The van der Waals surface area contributed by atoms with Crippen molar-refractivity contribution in [2.45, 2.75) is 24.3 Å². The number of hydrogen-bond acceptors (Lipinski definition) is 3. The van der Waals surface area contributed by atoms with E-state index in [-0.39, 0.29) is 11.9 Å². The summed E-state index contributed by atoms with van der Waals surface area (Å²) in [7, 11) is -0.843. The molecule has 100 valence electrons. The molecule has 1 amide bonds. The Morgan fingerprint density at radius 2 is 2.22 bits per heavy atom. The van der Waals surface area contributed by atoms with Crippen molar-refractivity contribution < 1.29 is 9.00 Å². The Morgan fingerprint density at radius 1 is 1.56 bits per heavy atom. The van der Waals surface area contributed by atoms with Gasteiger partial charge in [0.25, 0.3) is 5.91 Å². The van der Waals surface area contributed by atoms with Crippen LogP contribution in [0.3, 0.4) is 0 Å². The number of benzene rings is 1. The number of halogens is 1. The van der Waals surface area contributed by atoms with Gasteiger partial charge in [-0.05, 0) is 31.5 Å². The van der Waals surface area contributed by atoms with Gasteiger partial charge in [0.1, 0.15) is 0 Å². The van der Waals surface area contributed by atoms with Crippen molar-refractivity contribution in [3.05, 3.63) is 28.8 Å². The van der Waals surface area contributed by atoms with Gasteiger partial charge in [0.05, 0.1) is 10.6 Å². The van der Waals surface area contributed by atoms with Crippen LogP contribution in [0.15, 0.2) is 23.1 Å². The zero-order valence-electron chi connectivity index (χ0n) is 10.3. The maximum atomic E-state index is 12.0. The predicted molar refractivity (Wildman–Crippen MR) is 79.2 cm³/mol. The Labute approximate surface area is 120 Å². The van der Waals surface area contributed by atoms with Crippen LogP contribution in [0.1, 0.15) is 23.7 Å². The molecule has 1 aromatic rings. The first-order valence-corrected chi connectivity index (χ1v) is 8.04. The molecule has 2 atom stereocenters. The number of carbonyl (C=O) groups excluding carboxylic acids is 1. The summed E-state index contributed by atoms with van der Waals surface area (Å²) in [6.07, 6.45) is 2.32. The molecule has 2 unspecified atom stereocenters. The average molecular weight is 306 g/mol. The molecule has 0 aliphatic carbocycles. The number of nitrogens with one attached hydrogen (secondary N) is 1. The first-order chi connectivity index (χ1) is 8.40. The van der Waals surface area contributed by atoms with E-state index in [1.165, 1.54) is 0 Å². The molecule has 0 radical (unpaired) electrons. The van der Waals surface area contributed by atoms with Crippen LogP contribution in [0.5, 0.6) is 0 Å². The van der Waals surface area contributed by atoms with Crippen LogP contribution in [0.2, 0.25) is 5.02 Å². The molecule has 0 fully saturated rings. The van der Waals surface area contributed by atoms with Gasteiger partial charge >= 0.3 is 0 Å². The summed E-state index contributed by atoms with van der Waals surface area (Å²) < 4.78 is 11.0. The lowest BCUT2D eigenvalue weighted by Crippen LogP contribution is -2.33. The van der Waals surface area contributed by atoms with E-state index in [1.807, 2.05) is 6.92 Å². The normalized spacial score (nSPS) is 14.0. The fraction of sp³-hybridized carbons (Fsp3) is 0.417. The summed E-state index contributed by atoms with van der Waals surface area (Å²) in [6, 6.07) is 4.96. The molecule has 0 aliphatic rings. The summed E-state index contributed by atoms with van der Waals surface area (Å²) in [5.41, 5.74) is 0.411. The Morgan fingerprint density at radius 3 is 2.83 bits per heavy atom. The van der Waals surface area contributed by atoms with Crippen LogP contribution in [-0.2, 0) is 10.8 Å². The number of amides is 1.